The Labute approximate surface area is 404 Å². The van der Waals surface area contributed by atoms with Crippen molar-refractivity contribution in [3.8, 4) is 40.2 Å². The van der Waals surface area contributed by atoms with Gasteiger partial charge in [0.25, 0.3) is 17.1 Å². The first-order chi connectivity index (χ1) is 34.4. The molecule has 0 saturated heterocycles. The van der Waals surface area contributed by atoms with Gasteiger partial charge < -0.3 is 9.47 Å². The van der Waals surface area contributed by atoms with Gasteiger partial charge in [0.05, 0.1) is 44.3 Å². The van der Waals surface area contributed by atoms with Gasteiger partial charge in [-0.05, 0) is 30.3 Å². The molecule has 3 aliphatic rings. The molecule has 0 N–H and O–H groups in total. The lowest BCUT2D eigenvalue weighted by Crippen LogP contribution is -2.27. The van der Waals surface area contributed by atoms with E-state index in [1.54, 1.807) is 6.07 Å². The number of non-ortho nitro benzene ring substituents is 2. The van der Waals surface area contributed by atoms with E-state index in [2.05, 4.69) is 6.58 Å². The van der Waals surface area contributed by atoms with Crippen molar-refractivity contribution < 1.29 is 38.6 Å². The quantitative estimate of drug-likeness (QED) is 0.0630. The van der Waals surface area contributed by atoms with Crippen molar-refractivity contribution >= 4 is 34.4 Å². The van der Waals surface area contributed by atoms with Crippen LogP contribution in [0.2, 0.25) is 0 Å². The molecule has 2 heterocycles. The number of benzene rings is 8. The van der Waals surface area contributed by atoms with Crippen molar-refractivity contribution in [3.63, 3.8) is 0 Å². The Bertz CT molecular complexity index is 3250. The Balaban J connectivity index is 0.000000146. The summed E-state index contributed by atoms with van der Waals surface area (Å²) in [7, 11) is 0. The summed E-state index contributed by atoms with van der Waals surface area (Å²) >= 11 is 0. The van der Waals surface area contributed by atoms with E-state index in [9.17, 15) is 44.7 Å². The molecule has 8 aromatic rings. The van der Waals surface area contributed by atoms with Crippen LogP contribution < -0.4 is 9.47 Å². The predicted octanol–water partition coefficient (Wildman–Crippen LogP) is 12.7. The van der Waals surface area contributed by atoms with Gasteiger partial charge in [0.2, 0.25) is 0 Å². The second kappa shape index (κ2) is 20.8. The highest BCUT2D eigenvalue weighted by atomic mass is 16.6. The van der Waals surface area contributed by atoms with Gasteiger partial charge in [0, 0.05) is 74.3 Å². The van der Waals surface area contributed by atoms with E-state index in [0.29, 0.717) is 0 Å². The van der Waals surface area contributed by atoms with Crippen LogP contribution in [0.1, 0.15) is 65.9 Å². The number of ketones is 3. The van der Waals surface area contributed by atoms with Gasteiger partial charge in [0.1, 0.15) is 23.0 Å². The smallest absolute Gasteiger partial charge is 0.284 e. The first-order valence-corrected chi connectivity index (χ1v) is 21.6. The lowest BCUT2D eigenvalue weighted by Gasteiger charge is -2.33. The molecule has 0 bridgehead atoms. The summed E-state index contributed by atoms with van der Waals surface area (Å²) < 4.78 is 12.2. The van der Waals surface area contributed by atoms with Crippen molar-refractivity contribution in [2.75, 3.05) is 0 Å². The van der Waals surface area contributed by atoms with Crippen LogP contribution in [0.4, 0.5) is 17.1 Å². The van der Waals surface area contributed by atoms with E-state index in [1.165, 1.54) is 12.1 Å². The van der Waals surface area contributed by atoms with Crippen molar-refractivity contribution in [1.82, 2.24) is 0 Å². The highest BCUT2D eigenvalue weighted by Crippen LogP contribution is 2.51. The zero-order chi connectivity index (χ0) is 50.2. The number of rotatable bonds is 7. The Morgan fingerprint density at radius 2 is 0.887 bits per heavy atom. The Morgan fingerprint density at radius 1 is 0.507 bits per heavy atom. The molecule has 71 heavy (non-hydrogen) atoms. The summed E-state index contributed by atoms with van der Waals surface area (Å²) in [4.78, 5) is 69.0. The monoisotopic (exact) mass is 940 g/mol. The molecule has 0 atom stereocenters. The van der Waals surface area contributed by atoms with Gasteiger partial charge in [0.15, 0.2) is 17.3 Å². The van der Waals surface area contributed by atoms with Crippen LogP contribution in [0.25, 0.3) is 11.1 Å². The third kappa shape index (κ3) is 9.66. The fourth-order valence-corrected chi connectivity index (χ4v) is 8.47. The highest BCUT2D eigenvalue weighted by Gasteiger charge is 2.41. The molecule has 0 aromatic heterocycles. The molecule has 8 aromatic carbocycles. The molecule has 1 aliphatic carbocycles. The van der Waals surface area contributed by atoms with E-state index in [-0.39, 0.29) is 39.5 Å². The zero-order valence-corrected chi connectivity index (χ0v) is 37.1. The number of nitrogens with zero attached hydrogens (tertiary/aromatic N) is 4. The fourth-order valence-electron chi connectivity index (χ4n) is 8.47. The van der Waals surface area contributed by atoms with Crippen LogP contribution in [-0.2, 0) is 4.79 Å². The van der Waals surface area contributed by atoms with E-state index in [4.69, 9.17) is 14.7 Å². The summed E-state index contributed by atoms with van der Waals surface area (Å²) in [5, 5.41) is 40.4. The second-order valence-electron chi connectivity index (χ2n) is 15.7. The number of ether oxygens (including phenoxy) is 2. The SMILES string of the molecule is C=CC#N.O=C(C1c2ccccc2Oc2ccccc21)C1c2ccccc2Oc2ccccc21.O=C(c1ccccc1)c1ccccc1.O=C1c2cc([N+](=O)[O-])ccc2-c2c1cc([N+](=O)[O-])cc2[N+](=O)[O-]. The Hall–Kier alpha value is -10.2. The third-order valence-electron chi connectivity index (χ3n) is 11.6. The van der Waals surface area contributed by atoms with Gasteiger partial charge >= 0.3 is 0 Å². The minimum absolute atomic E-state index is 0.0597. The van der Waals surface area contributed by atoms with Gasteiger partial charge in [-0.1, -0.05) is 140 Å². The largest absolute Gasteiger partial charge is 0.457 e. The van der Waals surface area contributed by atoms with Crippen molar-refractivity contribution in [1.29, 1.82) is 5.26 Å². The van der Waals surface area contributed by atoms with E-state index < -0.39 is 43.8 Å². The van der Waals surface area contributed by atoms with Crippen LogP contribution in [0.15, 0.2) is 201 Å². The van der Waals surface area contributed by atoms with Crippen LogP contribution in [0.3, 0.4) is 0 Å². The third-order valence-corrected chi connectivity index (χ3v) is 11.6. The summed E-state index contributed by atoms with van der Waals surface area (Å²) in [5.74, 6) is 1.63. The van der Waals surface area contributed by atoms with E-state index in [0.717, 1.165) is 80.6 Å². The summed E-state index contributed by atoms with van der Waals surface area (Å²) in [6.45, 7) is 3.12. The molecule has 0 amide bonds. The summed E-state index contributed by atoms with van der Waals surface area (Å²) in [6.07, 6.45) is 1.18. The van der Waals surface area contributed by atoms with Gasteiger partial charge in [-0.25, -0.2) is 0 Å². The molecule has 0 spiro atoms. The molecule has 346 valence electrons. The normalized spacial score (nSPS) is 12.0. The Kier molecular flexibility index (Phi) is 13.8. The molecular formula is C56H36N4O11. The topological polar surface area (TPSA) is 223 Å². The number of nitro groups is 3. The number of carbonyl (C=O) groups is 3. The maximum atomic E-state index is 14.3. The zero-order valence-electron chi connectivity index (χ0n) is 37.1. The average Bonchev–Trinajstić information content (AvgIpc) is 3.69. The van der Waals surface area contributed by atoms with E-state index >= 15 is 0 Å². The fraction of sp³-hybridized carbons (Fsp3) is 0.0357. The number of Topliss-reactive ketones (excluding diaryl/α,β-unsaturated/α-hetero) is 1. The minimum Gasteiger partial charge on any atom is -0.457 e. The van der Waals surface area contributed by atoms with Crippen molar-refractivity contribution in [3.05, 3.63) is 276 Å². The first kappa shape index (κ1) is 47.3. The van der Waals surface area contributed by atoms with Crippen LogP contribution in [-0.4, -0.2) is 32.1 Å². The molecule has 0 unspecified atom stereocenters. The number of nitro benzene ring substituents is 3. The number of allylic oxidation sites excluding steroid dienone is 1. The predicted molar refractivity (Wildman–Crippen MR) is 262 cm³/mol. The number of hydrogen-bond acceptors (Lipinski definition) is 12. The number of para-hydroxylation sites is 4. The summed E-state index contributed by atoms with van der Waals surface area (Å²) in [6, 6.07) is 56.6. The molecule has 2 aliphatic heterocycles. The number of carbonyl (C=O) groups excluding carboxylic acids is 3. The molecule has 0 fully saturated rings. The molecule has 0 saturated carbocycles. The lowest BCUT2D eigenvalue weighted by molar-refractivity contribution is -0.393. The second-order valence-corrected chi connectivity index (χ2v) is 15.7. The van der Waals surface area contributed by atoms with E-state index in [1.807, 2.05) is 158 Å². The van der Waals surface area contributed by atoms with Gasteiger partial charge in [-0.3, -0.25) is 44.7 Å². The van der Waals surface area contributed by atoms with Crippen LogP contribution in [0, 0.1) is 41.7 Å². The van der Waals surface area contributed by atoms with Crippen molar-refractivity contribution in [2.45, 2.75) is 11.8 Å². The first-order valence-electron chi connectivity index (χ1n) is 21.6. The maximum Gasteiger partial charge on any atom is 0.284 e. The standard InChI is InChI=1S/C27H18O3.C13H5N3O7.C13H10O.C3H3N/c28-27(25-17-9-1-5-13-21(17)29-22-14-6-2-10-18(22)25)26-19-11-3-7-15-23(19)30-24-16-8-4-12-20(24)26;17-13-9-3-6(14(18)19)1-2-8(9)12-10(13)4-7(15(20)21)5-11(12)16(22)23;14-13(11-7-3-1-4-8-11)12-9-5-2-6-10-12;1-2-3-4/h1-16,25-26H;1-5H;1-10H;2H,1H2. The number of fused-ring (bicyclic) bond motifs is 7. The van der Waals surface area contributed by atoms with Gasteiger partial charge in [-0.2, -0.15) is 5.26 Å². The molecular weight excluding hydrogens is 905 g/mol. The lowest BCUT2D eigenvalue weighted by atomic mass is 9.75. The summed E-state index contributed by atoms with van der Waals surface area (Å²) in [5.41, 5.74) is 3.36. The minimum atomic E-state index is -0.841. The molecule has 0 radical (unpaired) electrons. The van der Waals surface area contributed by atoms with Crippen molar-refractivity contribution in [2.24, 2.45) is 0 Å². The Morgan fingerprint density at radius 3 is 1.27 bits per heavy atom. The number of nitriles is 1. The molecule has 15 nitrogen and oxygen atoms in total. The highest BCUT2D eigenvalue weighted by molar-refractivity contribution is 6.23. The maximum absolute atomic E-state index is 14.3. The average molecular weight is 941 g/mol. The molecule has 15 heteroatoms. The van der Waals surface area contributed by atoms with Crippen LogP contribution in [0.5, 0.6) is 23.0 Å². The van der Waals surface area contributed by atoms with Gasteiger partial charge in [-0.15, -0.1) is 0 Å². The van der Waals surface area contributed by atoms with Crippen LogP contribution >= 0.6 is 0 Å². The molecule has 11 rings (SSSR count). The number of hydrogen-bond donors (Lipinski definition) is 0.